The van der Waals surface area contributed by atoms with Crippen LogP contribution in [0.5, 0.6) is 0 Å². The van der Waals surface area contributed by atoms with E-state index < -0.39 is 0 Å². The molecule has 86 valence electrons. The van der Waals surface area contributed by atoms with Crippen LogP contribution < -0.4 is 10.6 Å². The van der Waals surface area contributed by atoms with E-state index >= 15 is 0 Å². The molecule has 2 saturated heterocycles. The van der Waals surface area contributed by atoms with Gasteiger partial charge in [0.15, 0.2) is 0 Å². The number of hydrogen-bond acceptors (Lipinski definition) is 3. The minimum Gasteiger partial charge on any atom is -0.325 e. The summed E-state index contributed by atoms with van der Waals surface area (Å²) in [6.07, 6.45) is 0.961. The molecule has 0 aromatic rings. The molecule has 0 bridgehead atoms. The molecule has 0 saturated carbocycles. The van der Waals surface area contributed by atoms with E-state index in [0.717, 1.165) is 19.5 Å². The third kappa shape index (κ3) is 2.01. The van der Waals surface area contributed by atoms with Crippen LogP contribution in [0, 0.1) is 5.92 Å². The number of fused-ring (bicyclic) bond motifs is 1. The highest BCUT2D eigenvalue weighted by Gasteiger charge is 2.40. The van der Waals surface area contributed by atoms with Crippen LogP contribution in [0.3, 0.4) is 0 Å². The van der Waals surface area contributed by atoms with Gasteiger partial charge in [0.2, 0.25) is 5.91 Å². The van der Waals surface area contributed by atoms with Crippen LogP contribution in [0.1, 0.15) is 27.2 Å². The second kappa shape index (κ2) is 3.76. The maximum absolute atomic E-state index is 12.3. The van der Waals surface area contributed by atoms with Gasteiger partial charge >= 0.3 is 0 Å². The van der Waals surface area contributed by atoms with E-state index in [1.54, 1.807) is 0 Å². The number of nitrogens with zero attached hydrogens (tertiary/aromatic N) is 1. The average molecular weight is 211 g/mol. The SMILES string of the molecule is CC(C)(C)N1CNC2CNCCC2C1=O. The molecular formula is C11H21N3O. The molecule has 1 amide bonds. The summed E-state index contributed by atoms with van der Waals surface area (Å²) in [5, 5.41) is 6.78. The molecule has 2 aliphatic heterocycles. The van der Waals surface area contributed by atoms with Crippen LogP contribution >= 0.6 is 0 Å². The first-order valence-electron chi connectivity index (χ1n) is 5.76. The lowest BCUT2D eigenvalue weighted by molar-refractivity contribution is -0.147. The number of carbonyl (C=O) groups is 1. The van der Waals surface area contributed by atoms with Gasteiger partial charge in [-0.05, 0) is 33.7 Å². The van der Waals surface area contributed by atoms with Gasteiger partial charge in [0.25, 0.3) is 0 Å². The zero-order valence-corrected chi connectivity index (χ0v) is 9.84. The smallest absolute Gasteiger partial charge is 0.228 e. The molecule has 2 rings (SSSR count). The second-order valence-corrected chi connectivity index (χ2v) is 5.51. The molecule has 2 heterocycles. The number of nitrogens with one attached hydrogen (secondary N) is 2. The van der Waals surface area contributed by atoms with E-state index in [1.165, 1.54) is 0 Å². The number of hydrogen-bond donors (Lipinski definition) is 2. The zero-order chi connectivity index (χ0) is 11.1. The molecule has 4 heteroatoms. The van der Waals surface area contributed by atoms with Gasteiger partial charge in [-0.25, -0.2) is 0 Å². The van der Waals surface area contributed by atoms with Gasteiger partial charge in [-0.2, -0.15) is 0 Å². The van der Waals surface area contributed by atoms with Gasteiger partial charge in [-0.3, -0.25) is 10.1 Å². The Morgan fingerprint density at radius 1 is 1.40 bits per heavy atom. The summed E-state index contributed by atoms with van der Waals surface area (Å²) in [5.41, 5.74) is -0.0695. The first-order chi connectivity index (χ1) is 7.00. The van der Waals surface area contributed by atoms with Crippen LogP contribution in [0.4, 0.5) is 0 Å². The Labute approximate surface area is 91.4 Å². The fourth-order valence-corrected chi connectivity index (χ4v) is 2.42. The predicted octanol–water partition coefficient (Wildman–Crippen LogP) is 0.152. The molecule has 0 aromatic heterocycles. The van der Waals surface area contributed by atoms with E-state index in [9.17, 15) is 4.79 Å². The minimum atomic E-state index is -0.0695. The topological polar surface area (TPSA) is 44.4 Å². The summed E-state index contributed by atoms with van der Waals surface area (Å²) in [4.78, 5) is 14.2. The molecule has 2 N–H and O–H groups in total. The van der Waals surface area contributed by atoms with Gasteiger partial charge in [0.05, 0.1) is 12.6 Å². The molecule has 2 atom stereocenters. The molecule has 0 radical (unpaired) electrons. The third-order valence-electron chi connectivity index (χ3n) is 3.39. The van der Waals surface area contributed by atoms with Crippen molar-refractivity contribution in [3.63, 3.8) is 0 Å². The van der Waals surface area contributed by atoms with E-state index in [0.29, 0.717) is 18.6 Å². The Hall–Kier alpha value is -0.610. The first-order valence-corrected chi connectivity index (χ1v) is 5.76. The maximum Gasteiger partial charge on any atom is 0.228 e. The Kier molecular flexibility index (Phi) is 2.73. The lowest BCUT2D eigenvalue weighted by atomic mass is 9.88. The second-order valence-electron chi connectivity index (χ2n) is 5.51. The summed E-state index contributed by atoms with van der Waals surface area (Å²) in [6, 6.07) is 0.338. The van der Waals surface area contributed by atoms with Crippen molar-refractivity contribution >= 4 is 5.91 Å². The van der Waals surface area contributed by atoms with Crippen LogP contribution in [-0.2, 0) is 4.79 Å². The van der Waals surface area contributed by atoms with Crippen molar-refractivity contribution in [2.75, 3.05) is 19.8 Å². The molecule has 2 aliphatic rings. The van der Waals surface area contributed by atoms with Gasteiger partial charge in [-0.15, -0.1) is 0 Å². The molecule has 0 aliphatic carbocycles. The lowest BCUT2D eigenvalue weighted by Crippen LogP contribution is -2.65. The molecule has 15 heavy (non-hydrogen) atoms. The van der Waals surface area contributed by atoms with Gasteiger partial charge in [0.1, 0.15) is 0 Å². The number of amides is 1. The van der Waals surface area contributed by atoms with Gasteiger partial charge in [0, 0.05) is 18.1 Å². The van der Waals surface area contributed by atoms with Crippen LogP contribution in [-0.4, -0.2) is 42.1 Å². The lowest BCUT2D eigenvalue weighted by Gasteiger charge is -2.46. The van der Waals surface area contributed by atoms with E-state index in [-0.39, 0.29) is 11.5 Å². The van der Waals surface area contributed by atoms with Crippen LogP contribution in [0.25, 0.3) is 0 Å². The predicted molar refractivity (Wildman–Crippen MR) is 59.4 cm³/mol. The largest absolute Gasteiger partial charge is 0.325 e. The van der Waals surface area contributed by atoms with Crippen molar-refractivity contribution in [1.82, 2.24) is 15.5 Å². The van der Waals surface area contributed by atoms with Crippen LogP contribution in [0.15, 0.2) is 0 Å². The minimum absolute atomic E-state index is 0.0695. The van der Waals surface area contributed by atoms with Crippen molar-refractivity contribution in [1.29, 1.82) is 0 Å². The van der Waals surface area contributed by atoms with Crippen molar-refractivity contribution in [3.8, 4) is 0 Å². The van der Waals surface area contributed by atoms with E-state index in [2.05, 4.69) is 31.4 Å². The number of carbonyl (C=O) groups excluding carboxylic acids is 1. The maximum atomic E-state index is 12.3. The van der Waals surface area contributed by atoms with Crippen molar-refractivity contribution in [2.45, 2.75) is 38.8 Å². The summed E-state index contributed by atoms with van der Waals surface area (Å²) >= 11 is 0. The third-order valence-corrected chi connectivity index (χ3v) is 3.39. The zero-order valence-electron chi connectivity index (χ0n) is 9.84. The Morgan fingerprint density at radius 2 is 2.13 bits per heavy atom. The monoisotopic (exact) mass is 211 g/mol. The summed E-state index contributed by atoms with van der Waals surface area (Å²) in [6.45, 7) is 8.85. The quantitative estimate of drug-likeness (QED) is 0.599. The van der Waals surface area contributed by atoms with Crippen molar-refractivity contribution in [3.05, 3.63) is 0 Å². The fourth-order valence-electron chi connectivity index (χ4n) is 2.42. The fraction of sp³-hybridized carbons (Fsp3) is 0.909. The number of piperidine rings is 1. The van der Waals surface area contributed by atoms with Gasteiger partial charge in [-0.1, -0.05) is 0 Å². The average Bonchev–Trinajstić information content (AvgIpc) is 2.16. The van der Waals surface area contributed by atoms with Crippen molar-refractivity contribution < 1.29 is 4.79 Å². The summed E-state index contributed by atoms with van der Waals surface area (Å²) in [7, 11) is 0. The standard InChI is InChI=1S/C11H21N3O/c1-11(2,3)14-7-13-9-6-12-5-4-8(9)10(14)15/h8-9,12-13H,4-7H2,1-3H3. The van der Waals surface area contributed by atoms with Gasteiger partial charge < -0.3 is 10.2 Å². The van der Waals surface area contributed by atoms with E-state index in [4.69, 9.17) is 0 Å². The summed E-state index contributed by atoms with van der Waals surface area (Å²) in [5.74, 6) is 0.506. The molecular weight excluding hydrogens is 190 g/mol. The Morgan fingerprint density at radius 3 is 2.80 bits per heavy atom. The molecule has 4 nitrogen and oxygen atoms in total. The molecule has 2 unspecified atom stereocenters. The normalized spacial score (nSPS) is 32.7. The van der Waals surface area contributed by atoms with E-state index in [1.807, 2.05) is 4.90 Å². The summed E-state index contributed by atoms with van der Waals surface area (Å²) < 4.78 is 0. The molecule has 2 fully saturated rings. The molecule has 0 spiro atoms. The highest BCUT2D eigenvalue weighted by Crippen LogP contribution is 2.24. The van der Waals surface area contributed by atoms with Crippen molar-refractivity contribution in [2.24, 2.45) is 5.92 Å². The highest BCUT2D eigenvalue weighted by atomic mass is 16.2. The Bertz CT molecular complexity index is 259. The highest BCUT2D eigenvalue weighted by molar-refractivity contribution is 5.81. The molecule has 0 aromatic carbocycles. The Balaban J connectivity index is 2.11. The van der Waals surface area contributed by atoms with Crippen LogP contribution in [0.2, 0.25) is 0 Å². The first kappa shape index (κ1) is 10.9. The number of rotatable bonds is 0.